The molecular weight excluding hydrogens is 216 g/mol. The smallest absolute Gasteiger partial charge is 0.0857 e. The zero-order valence-electron chi connectivity index (χ0n) is 10.6. The van der Waals surface area contributed by atoms with Crippen molar-refractivity contribution >= 4 is 0 Å². The fourth-order valence-corrected chi connectivity index (χ4v) is 2.01. The molecule has 1 aliphatic rings. The highest BCUT2D eigenvalue weighted by Crippen LogP contribution is 2.34. The number of hydrogen-bond acceptors (Lipinski definition) is 3. The van der Waals surface area contributed by atoms with Crippen LogP contribution in [0, 0.1) is 5.92 Å². The molecule has 0 spiro atoms. The van der Waals surface area contributed by atoms with Crippen LogP contribution < -0.4 is 0 Å². The Bertz CT molecular complexity index is 360. The van der Waals surface area contributed by atoms with Crippen LogP contribution in [0.2, 0.25) is 0 Å². The van der Waals surface area contributed by atoms with Gasteiger partial charge < -0.3 is 10.2 Å². The Kier molecular flexibility index (Phi) is 3.84. The Hall–Kier alpha value is -0.870. The molecule has 1 heterocycles. The first kappa shape index (κ1) is 12.6. The van der Waals surface area contributed by atoms with E-state index in [4.69, 9.17) is 0 Å². The molecule has 1 saturated carbocycles. The second kappa shape index (κ2) is 5.19. The number of aromatic nitrogens is 2. The average Bonchev–Trinajstić information content (AvgIpc) is 3.08. The topological polar surface area (TPSA) is 58.3 Å². The molecule has 96 valence electrons. The third kappa shape index (κ3) is 3.07. The minimum Gasteiger partial charge on any atom is -0.390 e. The minimum atomic E-state index is -0.678. The number of rotatable bonds is 6. The molecule has 2 rings (SSSR count). The highest BCUT2D eigenvalue weighted by atomic mass is 16.3. The monoisotopic (exact) mass is 238 g/mol. The van der Waals surface area contributed by atoms with E-state index in [-0.39, 0.29) is 0 Å². The molecule has 17 heavy (non-hydrogen) atoms. The Morgan fingerprint density at radius 2 is 2.18 bits per heavy atom. The summed E-state index contributed by atoms with van der Waals surface area (Å²) in [7, 11) is 0. The quantitative estimate of drug-likeness (QED) is 0.790. The van der Waals surface area contributed by atoms with Crippen molar-refractivity contribution in [1.29, 1.82) is 0 Å². The van der Waals surface area contributed by atoms with Crippen LogP contribution in [-0.2, 0) is 6.42 Å². The van der Waals surface area contributed by atoms with E-state index in [2.05, 4.69) is 18.9 Å². The van der Waals surface area contributed by atoms with Gasteiger partial charge in [0, 0.05) is 18.7 Å². The molecule has 2 N–H and O–H groups in total. The lowest BCUT2D eigenvalue weighted by Crippen LogP contribution is -2.30. The summed E-state index contributed by atoms with van der Waals surface area (Å²) in [6.07, 6.45) is 4.25. The van der Waals surface area contributed by atoms with Gasteiger partial charge in [0.05, 0.1) is 17.9 Å². The van der Waals surface area contributed by atoms with E-state index in [1.54, 1.807) is 0 Å². The molecule has 1 aromatic rings. The van der Waals surface area contributed by atoms with Crippen molar-refractivity contribution in [3.63, 3.8) is 0 Å². The first-order valence-corrected chi connectivity index (χ1v) is 6.52. The van der Waals surface area contributed by atoms with Gasteiger partial charge in [0.15, 0.2) is 0 Å². The van der Waals surface area contributed by atoms with Gasteiger partial charge in [-0.15, -0.1) is 0 Å². The average molecular weight is 238 g/mol. The van der Waals surface area contributed by atoms with Crippen LogP contribution in [-0.4, -0.2) is 32.2 Å². The van der Waals surface area contributed by atoms with E-state index < -0.39 is 12.2 Å². The van der Waals surface area contributed by atoms with Crippen LogP contribution >= 0.6 is 0 Å². The largest absolute Gasteiger partial charge is 0.390 e. The van der Waals surface area contributed by atoms with Gasteiger partial charge in [-0.3, -0.25) is 4.68 Å². The zero-order valence-corrected chi connectivity index (χ0v) is 10.6. The standard InChI is InChI=1S/C13H22N2O2/c1-3-9(2)15-7-6-11(14-15)8-12(16)13(17)10-4-5-10/h6-7,9-10,12-13,16-17H,3-5,8H2,1-2H3. The molecule has 1 aliphatic carbocycles. The van der Waals surface area contributed by atoms with Crippen molar-refractivity contribution in [1.82, 2.24) is 9.78 Å². The summed E-state index contributed by atoms with van der Waals surface area (Å²) in [5.74, 6) is 0.307. The maximum absolute atomic E-state index is 9.89. The fraction of sp³-hybridized carbons (Fsp3) is 0.769. The molecule has 3 atom stereocenters. The maximum atomic E-state index is 9.89. The second-order valence-corrected chi connectivity index (χ2v) is 5.14. The van der Waals surface area contributed by atoms with Crippen molar-refractivity contribution in [3.8, 4) is 0 Å². The number of hydrogen-bond donors (Lipinski definition) is 2. The second-order valence-electron chi connectivity index (χ2n) is 5.14. The highest BCUT2D eigenvalue weighted by Gasteiger charge is 2.34. The van der Waals surface area contributed by atoms with Gasteiger partial charge in [-0.1, -0.05) is 6.92 Å². The molecule has 0 aromatic carbocycles. The number of aliphatic hydroxyl groups excluding tert-OH is 2. The van der Waals surface area contributed by atoms with Gasteiger partial charge in [0.1, 0.15) is 0 Å². The Morgan fingerprint density at radius 1 is 1.47 bits per heavy atom. The highest BCUT2D eigenvalue weighted by molar-refractivity contribution is 5.03. The predicted molar refractivity (Wildman–Crippen MR) is 65.7 cm³/mol. The van der Waals surface area contributed by atoms with Crippen LogP contribution in [0.3, 0.4) is 0 Å². The summed E-state index contributed by atoms with van der Waals surface area (Å²) in [5, 5.41) is 24.1. The lowest BCUT2D eigenvalue weighted by atomic mass is 10.1. The Morgan fingerprint density at radius 3 is 2.76 bits per heavy atom. The lowest BCUT2D eigenvalue weighted by molar-refractivity contribution is 0.00613. The summed E-state index contributed by atoms with van der Waals surface area (Å²) >= 11 is 0. The van der Waals surface area contributed by atoms with E-state index in [1.807, 2.05) is 16.9 Å². The molecule has 1 aromatic heterocycles. The van der Waals surface area contributed by atoms with Crippen LogP contribution in [0.1, 0.15) is 44.8 Å². The molecule has 0 saturated heterocycles. The number of nitrogens with zero attached hydrogens (tertiary/aromatic N) is 2. The normalized spacial score (nSPS) is 21.2. The Balaban J connectivity index is 1.91. The predicted octanol–water partition coefficient (Wildman–Crippen LogP) is 1.53. The third-order valence-corrected chi connectivity index (χ3v) is 3.62. The summed E-state index contributed by atoms with van der Waals surface area (Å²) in [6.45, 7) is 4.24. The molecule has 3 unspecified atom stereocenters. The van der Waals surface area contributed by atoms with Gasteiger partial charge in [0.25, 0.3) is 0 Å². The molecule has 0 aliphatic heterocycles. The molecular formula is C13H22N2O2. The van der Waals surface area contributed by atoms with E-state index in [0.29, 0.717) is 18.4 Å². The molecule has 1 fully saturated rings. The fourth-order valence-electron chi connectivity index (χ4n) is 2.01. The SMILES string of the molecule is CCC(C)n1ccc(CC(O)C(O)C2CC2)n1. The lowest BCUT2D eigenvalue weighted by Gasteiger charge is -2.16. The number of aliphatic hydroxyl groups is 2. The summed E-state index contributed by atoms with van der Waals surface area (Å²) in [4.78, 5) is 0. The summed E-state index contributed by atoms with van der Waals surface area (Å²) in [6, 6.07) is 2.31. The molecule has 4 nitrogen and oxygen atoms in total. The van der Waals surface area contributed by atoms with Crippen molar-refractivity contribution in [3.05, 3.63) is 18.0 Å². The molecule has 4 heteroatoms. The van der Waals surface area contributed by atoms with Gasteiger partial charge in [-0.2, -0.15) is 5.10 Å². The maximum Gasteiger partial charge on any atom is 0.0857 e. The van der Waals surface area contributed by atoms with Gasteiger partial charge in [-0.25, -0.2) is 0 Å². The third-order valence-electron chi connectivity index (χ3n) is 3.62. The molecule has 0 bridgehead atoms. The van der Waals surface area contributed by atoms with E-state index in [0.717, 1.165) is 25.0 Å². The van der Waals surface area contributed by atoms with Crippen molar-refractivity contribution < 1.29 is 10.2 Å². The minimum absolute atomic E-state index is 0.307. The van der Waals surface area contributed by atoms with Gasteiger partial charge in [0.2, 0.25) is 0 Å². The van der Waals surface area contributed by atoms with Gasteiger partial charge >= 0.3 is 0 Å². The van der Waals surface area contributed by atoms with Crippen molar-refractivity contribution in [2.24, 2.45) is 5.92 Å². The van der Waals surface area contributed by atoms with Crippen LogP contribution in [0.25, 0.3) is 0 Å². The van der Waals surface area contributed by atoms with Crippen LogP contribution in [0.4, 0.5) is 0 Å². The molecule has 0 amide bonds. The zero-order chi connectivity index (χ0) is 12.4. The summed E-state index contributed by atoms with van der Waals surface area (Å²) < 4.78 is 1.92. The van der Waals surface area contributed by atoms with Crippen LogP contribution in [0.15, 0.2) is 12.3 Å². The Labute approximate surface area is 102 Å². The van der Waals surface area contributed by atoms with Crippen molar-refractivity contribution in [2.45, 2.75) is 57.8 Å². The van der Waals surface area contributed by atoms with E-state index >= 15 is 0 Å². The van der Waals surface area contributed by atoms with E-state index in [1.165, 1.54) is 0 Å². The summed E-state index contributed by atoms with van der Waals surface area (Å²) in [5.41, 5.74) is 0.859. The van der Waals surface area contributed by atoms with Crippen molar-refractivity contribution in [2.75, 3.05) is 0 Å². The first-order valence-electron chi connectivity index (χ1n) is 6.52. The van der Waals surface area contributed by atoms with E-state index in [9.17, 15) is 10.2 Å². The van der Waals surface area contributed by atoms with Gasteiger partial charge in [-0.05, 0) is 38.2 Å². The first-order chi connectivity index (χ1) is 8.11. The van der Waals surface area contributed by atoms with Crippen LogP contribution in [0.5, 0.6) is 0 Å². The molecule has 0 radical (unpaired) electrons.